The number of nitrogens with two attached hydrogens (primary N) is 1. The molecule has 5 nitrogen and oxygen atoms in total. The first-order valence-corrected chi connectivity index (χ1v) is 4.92. The molecule has 0 heterocycles. The van der Waals surface area contributed by atoms with Crippen molar-refractivity contribution in [2.75, 3.05) is 0 Å². The van der Waals surface area contributed by atoms with Crippen molar-refractivity contribution < 1.29 is 14.3 Å². The van der Waals surface area contributed by atoms with Crippen molar-refractivity contribution in [3.05, 3.63) is 0 Å². The molecule has 0 saturated heterocycles. The lowest BCUT2D eigenvalue weighted by atomic mass is 10.2. The van der Waals surface area contributed by atoms with Gasteiger partial charge in [0.2, 0.25) is 5.91 Å². The zero-order valence-electron chi connectivity index (χ0n) is 10.4. The minimum atomic E-state index is -0.678. The molecular weight excluding hydrogens is 232 g/mol. The van der Waals surface area contributed by atoms with Gasteiger partial charge in [-0.25, -0.2) is 4.79 Å². The third-order valence-corrected chi connectivity index (χ3v) is 1.53. The summed E-state index contributed by atoms with van der Waals surface area (Å²) in [6.07, 6.45) is 0. The van der Waals surface area contributed by atoms with Crippen LogP contribution in [0.5, 0.6) is 0 Å². The molecule has 0 rings (SSSR count). The van der Waals surface area contributed by atoms with Crippen LogP contribution >= 0.6 is 12.4 Å². The molecule has 0 aliphatic rings. The number of carbonyl (C=O) groups is 2. The zero-order chi connectivity index (χ0) is 12.2. The van der Waals surface area contributed by atoms with Crippen molar-refractivity contribution in [1.82, 2.24) is 5.32 Å². The van der Waals surface area contributed by atoms with Crippen molar-refractivity contribution in [2.45, 2.75) is 52.3 Å². The molecule has 6 heteroatoms. The van der Waals surface area contributed by atoms with Gasteiger partial charge in [0.25, 0.3) is 0 Å². The lowest BCUT2D eigenvalue weighted by molar-refractivity contribution is -0.158. The summed E-state index contributed by atoms with van der Waals surface area (Å²) in [5, 5.41) is 2.46. The number of nitrogens with one attached hydrogen (secondary N) is 1. The van der Waals surface area contributed by atoms with Crippen molar-refractivity contribution in [3.63, 3.8) is 0 Å². The van der Waals surface area contributed by atoms with Crippen molar-refractivity contribution in [3.8, 4) is 0 Å². The van der Waals surface area contributed by atoms with Gasteiger partial charge < -0.3 is 15.8 Å². The van der Waals surface area contributed by atoms with Crippen LogP contribution in [0.2, 0.25) is 0 Å². The number of carbonyl (C=O) groups excluding carboxylic acids is 2. The summed E-state index contributed by atoms with van der Waals surface area (Å²) < 4.78 is 5.09. The van der Waals surface area contributed by atoms with Gasteiger partial charge in [-0.15, -0.1) is 12.4 Å². The van der Waals surface area contributed by atoms with E-state index in [1.807, 2.05) is 0 Å². The maximum absolute atomic E-state index is 11.4. The van der Waals surface area contributed by atoms with Gasteiger partial charge in [0.05, 0.1) is 6.04 Å². The number of hydrogen-bond acceptors (Lipinski definition) is 4. The maximum Gasteiger partial charge on any atom is 0.328 e. The predicted molar refractivity (Wildman–Crippen MR) is 64.3 cm³/mol. The lowest BCUT2D eigenvalue weighted by Gasteiger charge is -2.23. The maximum atomic E-state index is 11.4. The molecule has 0 saturated carbocycles. The number of hydrogen-bond donors (Lipinski definition) is 2. The second-order valence-corrected chi connectivity index (χ2v) is 4.55. The predicted octanol–water partition coefficient (Wildman–Crippen LogP) is 0.602. The van der Waals surface area contributed by atoms with E-state index in [1.54, 1.807) is 34.6 Å². The SMILES string of the molecule is C[C@H](N)C(=O)N[C@@H](C)C(=O)OC(C)(C)C.Cl. The minimum Gasteiger partial charge on any atom is -0.458 e. The van der Waals surface area contributed by atoms with Crippen LogP contribution in [0.25, 0.3) is 0 Å². The van der Waals surface area contributed by atoms with Crippen molar-refractivity contribution >= 4 is 24.3 Å². The Labute approximate surface area is 103 Å². The molecule has 0 unspecified atom stereocenters. The quantitative estimate of drug-likeness (QED) is 0.721. The van der Waals surface area contributed by atoms with Crippen LogP contribution in [0.1, 0.15) is 34.6 Å². The highest BCUT2D eigenvalue weighted by atomic mass is 35.5. The average Bonchev–Trinajstić information content (AvgIpc) is 2.00. The second kappa shape index (κ2) is 6.70. The van der Waals surface area contributed by atoms with Gasteiger partial charge in [-0.2, -0.15) is 0 Å². The van der Waals surface area contributed by atoms with Crippen LogP contribution in [0.3, 0.4) is 0 Å². The molecule has 0 aliphatic heterocycles. The van der Waals surface area contributed by atoms with E-state index in [9.17, 15) is 9.59 Å². The summed E-state index contributed by atoms with van der Waals surface area (Å²) in [5.41, 5.74) is 4.80. The normalized spacial score (nSPS) is 14.4. The third kappa shape index (κ3) is 7.48. The Morgan fingerprint density at radius 1 is 1.25 bits per heavy atom. The summed E-state index contributed by atoms with van der Waals surface area (Å²) in [4.78, 5) is 22.6. The molecule has 0 aliphatic carbocycles. The third-order valence-electron chi connectivity index (χ3n) is 1.53. The van der Waals surface area contributed by atoms with Crippen LogP contribution in [-0.4, -0.2) is 29.6 Å². The topological polar surface area (TPSA) is 81.4 Å². The van der Waals surface area contributed by atoms with E-state index in [0.29, 0.717) is 0 Å². The fourth-order valence-corrected chi connectivity index (χ4v) is 0.794. The molecule has 0 aromatic carbocycles. The standard InChI is InChI=1S/C10H20N2O3.ClH/c1-6(11)8(13)12-7(2)9(14)15-10(3,4)5;/h6-7H,11H2,1-5H3,(H,12,13);1H/t6-,7-;/m0./s1. The molecular formula is C10H21ClN2O3. The van der Waals surface area contributed by atoms with Gasteiger partial charge in [-0.3, -0.25) is 4.79 Å². The average molecular weight is 253 g/mol. The van der Waals surface area contributed by atoms with Crippen LogP contribution in [0.4, 0.5) is 0 Å². The molecule has 16 heavy (non-hydrogen) atoms. The van der Waals surface area contributed by atoms with Crippen LogP contribution in [0, 0.1) is 0 Å². The van der Waals surface area contributed by atoms with Gasteiger partial charge in [0.15, 0.2) is 0 Å². The molecule has 96 valence electrons. The van der Waals surface area contributed by atoms with E-state index in [2.05, 4.69) is 5.32 Å². The molecule has 0 bridgehead atoms. The molecule has 0 spiro atoms. The molecule has 3 N–H and O–H groups in total. The highest BCUT2D eigenvalue weighted by Gasteiger charge is 2.23. The first-order chi connectivity index (χ1) is 6.63. The largest absolute Gasteiger partial charge is 0.458 e. The Morgan fingerprint density at radius 3 is 2.00 bits per heavy atom. The van der Waals surface area contributed by atoms with E-state index < -0.39 is 23.7 Å². The Bertz CT molecular complexity index is 249. The number of halogens is 1. The second-order valence-electron chi connectivity index (χ2n) is 4.55. The zero-order valence-corrected chi connectivity index (χ0v) is 11.2. The Morgan fingerprint density at radius 2 is 1.69 bits per heavy atom. The highest BCUT2D eigenvalue weighted by Crippen LogP contribution is 2.08. The molecule has 0 fully saturated rings. The van der Waals surface area contributed by atoms with Crippen molar-refractivity contribution in [1.29, 1.82) is 0 Å². The van der Waals surface area contributed by atoms with E-state index in [0.717, 1.165) is 0 Å². The summed E-state index contributed by atoms with van der Waals surface area (Å²) in [6.45, 7) is 8.42. The summed E-state index contributed by atoms with van der Waals surface area (Å²) >= 11 is 0. The Hall–Kier alpha value is -0.810. The molecule has 2 atom stereocenters. The monoisotopic (exact) mass is 252 g/mol. The van der Waals surface area contributed by atoms with Crippen LogP contribution in [-0.2, 0) is 14.3 Å². The van der Waals surface area contributed by atoms with Crippen LogP contribution in [0.15, 0.2) is 0 Å². The fourth-order valence-electron chi connectivity index (χ4n) is 0.794. The first-order valence-electron chi connectivity index (χ1n) is 4.92. The highest BCUT2D eigenvalue weighted by molar-refractivity contribution is 5.87. The molecule has 1 amide bonds. The van der Waals surface area contributed by atoms with Gasteiger partial charge in [0, 0.05) is 0 Å². The van der Waals surface area contributed by atoms with Gasteiger partial charge >= 0.3 is 5.97 Å². The Balaban J connectivity index is 0. The summed E-state index contributed by atoms with van der Waals surface area (Å²) in [6, 6.07) is -1.31. The molecule has 0 radical (unpaired) electrons. The number of rotatable bonds is 3. The first kappa shape index (κ1) is 17.6. The van der Waals surface area contributed by atoms with E-state index in [1.165, 1.54) is 0 Å². The van der Waals surface area contributed by atoms with E-state index >= 15 is 0 Å². The molecule has 0 aromatic heterocycles. The van der Waals surface area contributed by atoms with Crippen molar-refractivity contribution in [2.24, 2.45) is 5.73 Å². The minimum absolute atomic E-state index is 0. The van der Waals surface area contributed by atoms with Crippen LogP contribution < -0.4 is 11.1 Å². The number of ether oxygens (including phenoxy) is 1. The lowest BCUT2D eigenvalue weighted by Crippen LogP contribution is -2.47. The smallest absolute Gasteiger partial charge is 0.328 e. The van der Waals surface area contributed by atoms with E-state index in [-0.39, 0.29) is 18.3 Å². The fraction of sp³-hybridized carbons (Fsp3) is 0.800. The van der Waals surface area contributed by atoms with Gasteiger partial charge in [0.1, 0.15) is 11.6 Å². The van der Waals surface area contributed by atoms with Gasteiger partial charge in [-0.05, 0) is 34.6 Å². The Kier molecular flexibility index (Phi) is 7.37. The summed E-state index contributed by atoms with van der Waals surface area (Å²) in [5.74, 6) is -0.829. The molecule has 0 aromatic rings. The summed E-state index contributed by atoms with van der Waals surface area (Å²) in [7, 11) is 0. The number of esters is 1. The van der Waals surface area contributed by atoms with E-state index in [4.69, 9.17) is 10.5 Å². The van der Waals surface area contributed by atoms with Gasteiger partial charge in [-0.1, -0.05) is 0 Å². The number of amides is 1.